The minimum absolute atomic E-state index is 0.147. The summed E-state index contributed by atoms with van der Waals surface area (Å²) in [6.07, 6.45) is 2.72. The quantitative estimate of drug-likeness (QED) is 0.537. The second kappa shape index (κ2) is 9.51. The molecule has 1 heterocycles. The van der Waals surface area contributed by atoms with E-state index in [0.29, 0.717) is 17.8 Å². The molecule has 156 valence electrons. The largest absolute Gasteiger partial charge is 0.389 e. The third-order valence-electron chi connectivity index (χ3n) is 4.47. The van der Waals surface area contributed by atoms with Crippen LogP contribution in [0.25, 0.3) is 0 Å². The maximum absolute atomic E-state index is 12.7. The van der Waals surface area contributed by atoms with Crippen LogP contribution in [-0.4, -0.2) is 24.5 Å². The molecule has 0 saturated carbocycles. The second-order valence-electron chi connectivity index (χ2n) is 6.87. The van der Waals surface area contributed by atoms with Crippen molar-refractivity contribution in [1.29, 1.82) is 0 Å². The Balaban J connectivity index is 1.59. The van der Waals surface area contributed by atoms with E-state index in [1.165, 1.54) is 12.1 Å². The number of amides is 2. The summed E-state index contributed by atoms with van der Waals surface area (Å²) < 4.78 is 25.3. The van der Waals surface area contributed by atoms with E-state index < -0.39 is 22.0 Å². The highest BCUT2D eigenvalue weighted by atomic mass is 32.2. The van der Waals surface area contributed by atoms with Crippen LogP contribution in [0.2, 0.25) is 0 Å². The van der Waals surface area contributed by atoms with Gasteiger partial charge in [-0.2, -0.15) is 0 Å². The number of rotatable bonds is 7. The normalized spacial score (nSPS) is 12.2. The van der Waals surface area contributed by atoms with E-state index in [1.807, 2.05) is 6.07 Å². The van der Waals surface area contributed by atoms with Gasteiger partial charge < -0.3 is 15.7 Å². The zero-order chi connectivity index (χ0) is 21.6. The zero-order valence-corrected chi connectivity index (χ0v) is 17.3. The molecule has 0 radical (unpaired) electrons. The molecule has 3 N–H and O–H groups in total. The van der Waals surface area contributed by atoms with Gasteiger partial charge in [-0.3, -0.25) is 4.98 Å². The number of aromatic nitrogens is 1. The van der Waals surface area contributed by atoms with Crippen molar-refractivity contribution < 1.29 is 18.3 Å². The standard InChI is InChI=1S/C22H23N3O4S/c1-16(26)19-6-4-17(5-7-19)15-30(28,29)21-10-8-20(9-11-21)25-22(27)24-14-18-3-2-12-23-13-18/h2-13,16,26H,14-15H2,1H3,(H2,24,25,27)/t16-/m0/s1. The number of nitrogens with zero attached hydrogens (tertiary/aromatic N) is 1. The van der Waals surface area contributed by atoms with Crippen LogP contribution in [-0.2, 0) is 22.1 Å². The number of anilines is 1. The monoisotopic (exact) mass is 425 g/mol. The number of aliphatic hydroxyl groups is 1. The minimum atomic E-state index is -3.54. The molecule has 3 rings (SSSR count). The van der Waals surface area contributed by atoms with Gasteiger partial charge in [0.25, 0.3) is 0 Å². The topological polar surface area (TPSA) is 108 Å². The molecule has 2 aromatic carbocycles. The number of nitrogens with one attached hydrogen (secondary N) is 2. The van der Waals surface area contributed by atoms with Gasteiger partial charge in [-0.25, -0.2) is 13.2 Å². The molecule has 0 saturated heterocycles. The van der Waals surface area contributed by atoms with Crippen LogP contribution < -0.4 is 10.6 Å². The number of carbonyl (C=O) groups is 1. The summed E-state index contributed by atoms with van der Waals surface area (Å²) in [5.74, 6) is -0.147. The summed E-state index contributed by atoms with van der Waals surface area (Å²) in [5.41, 5.74) is 2.72. The SMILES string of the molecule is C[C@H](O)c1ccc(CS(=O)(=O)c2ccc(NC(=O)NCc3cccnc3)cc2)cc1. The fraction of sp³-hybridized carbons (Fsp3) is 0.182. The van der Waals surface area contributed by atoms with Gasteiger partial charge in [0.15, 0.2) is 9.84 Å². The Morgan fingerprint density at radius 2 is 1.73 bits per heavy atom. The second-order valence-corrected chi connectivity index (χ2v) is 8.86. The van der Waals surface area contributed by atoms with Crippen LogP contribution in [0.1, 0.15) is 29.7 Å². The van der Waals surface area contributed by atoms with Crippen molar-refractivity contribution in [3.05, 3.63) is 89.7 Å². The molecule has 0 aliphatic carbocycles. The van der Waals surface area contributed by atoms with Crippen molar-refractivity contribution in [3.8, 4) is 0 Å². The smallest absolute Gasteiger partial charge is 0.319 e. The molecule has 1 aromatic heterocycles. The van der Waals surface area contributed by atoms with Gasteiger partial charge in [-0.15, -0.1) is 0 Å². The van der Waals surface area contributed by atoms with E-state index >= 15 is 0 Å². The lowest BCUT2D eigenvalue weighted by Gasteiger charge is -2.10. The lowest BCUT2D eigenvalue weighted by molar-refractivity contribution is 0.199. The number of hydrogen-bond acceptors (Lipinski definition) is 5. The highest BCUT2D eigenvalue weighted by Gasteiger charge is 2.16. The maximum atomic E-state index is 12.7. The molecule has 8 heteroatoms. The number of benzene rings is 2. The van der Waals surface area contributed by atoms with Crippen LogP contribution in [0.5, 0.6) is 0 Å². The third-order valence-corrected chi connectivity index (χ3v) is 6.17. The van der Waals surface area contributed by atoms with Gasteiger partial charge >= 0.3 is 6.03 Å². The van der Waals surface area contributed by atoms with E-state index in [-0.39, 0.29) is 10.6 Å². The third kappa shape index (κ3) is 5.88. The molecule has 0 unspecified atom stereocenters. The number of pyridine rings is 1. The zero-order valence-electron chi connectivity index (χ0n) is 16.4. The number of carbonyl (C=O) groups excluding carboxylic acids is 1. The molecule has 0 aliphatic heterocycles. The number of aliphatic hydroxyl groups excluding tert-OH is 1. The van der Waals surface area contributed by atoms with Gasteiger partial charge in [0.1, 0.15) is 0 Å². The average Bonchev–Trinajstić information content (AvgIpc) is 2.73. The molecule has 3 aromatic rings. The Morgan fingerprint density at radius 3 is 2.33 bits per heavy atom. The molecule has 2 amide bonds. The van der Waals surface area contributed by atoms with Gasteiger partial charge in [0.2, 0.25) is 0 Å². The van der Waals surface area contributed by atoms with Crippen LogP contribution in [0.4, 0.5) is 10.5 Å². The molecular formula is C22H23N3O4S. The summed E-state index contributed by atoms with van der Waals surface area (Å²) in [7, 11) is -3.54. The number of urea groups is 1. The minimum Gasteiger partial charge on any atom is -0.389 e. The van der Waals surface area contributed by atoms with Crippen molar-refractivity contribution in [2.45, 2.75) is 30.2 Å². The first-order chi connectivity index (χ1) is 14.3. The van der Waals surface area contributed by atoms with Crippen molar-refractivity contribution >= 4 is 21.6 Å². The maximum Gasteiger partial charge on any atom is 0.319 e. The van der Waals surface area contributed by atoms with Crippen molar-refractivity contribution in [2.75, 3.05) is 5.32 Å². The molecule has 0 bridgehead atoms. The number of hydrogen-bond donors (Lipinski definition) is 3. The molecule has 0 fully saturated rings. The Bertz CT molecular complexity index is 1080. The first kappa shape index (κ1) is 21.5. The average molecular weight is 426 g/mol. The summed E-state index contributed by atoms with van der Waals surface area (Å²) in [6.45, 7) is 1.99. The predicted octanol–water partition coefficient (Wildman–Crippen LogP) is 3.43. The van der Waals surface area contributed by atoms with Crippen molar-refractivity contribution in [2.24, 2.45) is 0 Å². The van der Waals surface area contributed by atoms with Crippen LogP contribution in [0.3, 0.4) is 0 Å². The summed E-state index contributed by atoms with van der Waals surface area (Å²) in [6, 6.07) is 16.1. The lowest BCUT2D eigenvalue weighted by Crippen LogP contribution is -2.28. The molecule has 7 nitrogen and oxygen atoms in total. The molecule has 1 atom stereocenters. The van der Waals surface area contributed by atoms with Crippen molar-refractivity contribution in [3.63, 3.8) is 0 Å². The fourth-order valence-corrected chi connectivity index (χ4v) is 4.15. The highest BCUT2D eigenvalue weighted by Crippen LogP contribution is 2.20. The lowest BCUT2D eigenvalue weighted by atomic mass is 10.1. The fourth-order valence-electron chi connectivity index (χ4n) is 2.80. The highest BCUT2D eigenvalue weighted by molar-refractivity contribution is 7.90. The number of sulfone groups is 1. The van der Waals surface area contributed by atoms with E-state index in [1.54, 1.807) is 61.8 Å². The van der Waals surface area contributed by atoms with E-state index in [0.717, 1.165) is 11.1 Å². The summed E-state index contributed by atoms with van der Waals surface area (Å²) in [4.78, 5) is 16.2. The van der Waals surface area contributed by atoms with Gasteiger partial charge in [0, 0.05) is 24.6 Å². The first-order valence-corrected chi connectivity index (χ1v) is 11.0. The molecule has 30 heavy (non-hydrogen) atoms. The Morgan fingerprint density at radius 1 is 1.03 bits per heavy atom. The Labute approximate surface area is 175 Å². The van der Waals surface area contributed by atoms with Crippen LogP contribution >= 0.6 is 0 Å². The van der Waals surface area contributed by atoms with Gasteiger partial charge in [-0.05, 0) is 53.9 Å². The van der Waals surface area contributed by atoms with Gasteiger partial charge in [-0.1, -0.05) is 30.3 Å². The van der Waals surface area contributed by atoms with Crippen LogP contribution in [0, 0.1) is 0 Å². The summed E-state index contributed by atoms with van der Waals surface area (Å²) in [5, 5.41) is 14.9. The van der Waals surface area contributed by atoms with Crippen LogP contribution in [0.15, 0.2) is 78.0 Å². The summed E-state index contributed by atoms with van der Waals surface area (Å²) >= 11 is 0. The molecular weight excluding hydrogens is 402 g/mol. The van der Waals surface area contributed by atoms with Crippen molar-refractivity contribution in [1.82, 2.24) is 10.3 Å². The van der Waals surface area contributed by atoms with E-state index in [4.69, 9.17) is 0 Å². The Kier molecular flexibility index (Phi) is 6.81. The first-order valence-electron chi connectivity index (χ1n) is 9.37. The Hall–Kier alpha value is -3.23. The molecule has 0 aliphatic rings. The van der Waals surface area contributed by atoms with E-state index in [9.17, 15) is 18.3 Å². The predicted molar refractivity (Wildman–Crippen MR) is 115 cm³/mol. The molecule has 0 spiro atoms. The van der Waals surface area contributed by atoms with Gasteiger partial charge in [0.05, 0.1) is 16.8 Å². The van der Waals surface area contributed by atoms with E-state index in [2.05, 4.69) is 15.6 Å².